The minimum Gasteiger partial charge on any atom is -0.325 e. The fraction of sp³-hybridized carbons (Fsp3) is 0.474. The molecule has 0 bridgehead atoms. The molecule has 2 aromatic rings. The quantitative estimate of drug-likeness (QED) is 0.858. The zero-order valence-electron chi connectivity index (χ0n) is 14.9. The van der Waals surface area contributed by atoms with Gasteiger partial charge in [0.1, 0.15) is 6.33 Å². The molecule has 6 nitrogen and oxygen atoms in total. The number of aromatic nitrogens is 3. The number of piperidine rings is 1. The Labute approximate surface area is 148 Å². The van der Waals surface area contributed by atoms with E-state index in [1.54, 1.807) is 18.7 Å². The number of likely N-dealkylation sites (tertiary alicyclic amines) is 1. The Morgan fingerprint density at radius 3 is 2.48 bits per heavy atom. The van der Waals surface area contributed by atoms with E-state index >= 15 is 0 Å². The molecule has 0 radical (unpaired) electrons. The molecule has 1 saturated heterocycles. The lowest BCUT2D eigenvalue weighted by Gasteiger charge is -2.35. The Kier molecular flexibility index (Phi) is 5.58. The van der Waals surface area contributed by atoms with Crippen molar-refractivity contribution in [1.29, 1.82) is 0 Å². The van der Waals surface area contributed by atoms with E-state index in [-0.39, 0.29) is 6.03 Å². The van der Waals surface area contributed by atoms with Gasteiger partial charge in [-0.05, 0) is 44.4 Å². The van der Waals surface area contributed by atoms with E-state index in [2.05, 4.69) is 15.0 Å². The molecule has 132 valence electrons. The predicted molar refractivity (Wildman–Crippen MR) is 97.1 cm³/mol. The van der Waals surface area contributed by atoms with Crippen LogP contribution in [0.15, 0.2) is 37.1 Å². The van der Waals surface area contributed by atoms with Gasteiger partial charge in [-0.25, -0.2) is 14.8 Å². The molecule has 25 heavy (non-hydrogen) atoms. The number of amides is 2. The summed E-state index contributed by atoms with van der Waals surface area (Å²) in [6.07, 6.45) is 8.94. The molecule has 0 atom stereocenters. The zero-order valence-corrected chi connectivity index (χ0v) is 14.9. The van der Waals surface area contributed by atoms with Crippen LogP contribution in [0.3, 0.4) is 0 Å². The number of urea groups is 1. The van der Waals surface area contributed by atoms with Gasteiger partial charge in [0.05, 0.1) is 5.69 Å². The van der Waals surface area contributed by atoms with Crippen molar-refractivity contribution in [2.24, 2.45) is 0 Å². The summed E-state index contributed by atoms with van der Waals surface area (Å²) < 4.78 is 0. The van der Waals surface area contributed by atoms with Crippen LogP contribution in [0.5, 0.6) is 0 Å². The fourth-order valence-corrected chi connectivity index (χ4v) is 3.46. The molecule has 0 aliphatic carbocycles. The summed E-state index contributed by atoms with van der Waals surface area (Å²) in [4.78, 5) is 29.2. The highest BCUT2D eigenvalue weighted by Crippen LogP contribution is 2.33. The summed E-state index contributed by atoms with van der Waals surface area (Å²) in [6, 6.07) is 4.13. The Hall–Kier alpha value is -2.50. The summed E-state index contributed by atoms with van der Waals surface area (Å²) in [5, 5.41) is 0. The molecule has 0 saturated carbocycles. The molecule has 0 N–H and O–H groups in total. The summed E-state index contributed by atoms with van der Waals surface area (Å²) in [6.45, 7) is 7.12. The first-order chi connectivity index (χ1) is 12.2. The first-order valence-corrected chi connectivity index (χ1v) is 8.98. The summed E-state index contributed by atoms with van der Waals surface area (Å²) in [7, 11) is 0. The Balaban J connectivity index is 1.73. The second kappa shape index (κ2) is 8.05. The van der Waals surface area contributed by atoms with Crippen LogP contribution in [0.2, 0.25) is 0 Å². The minimum atomic E-state index is 0.153. The SMILES string of the molecule is CCN(CC)C(=O)N1CCC(c2ncncc2-c2ccncc2)CC1. The van der Waals surface area contributed by atoms with Crippen LogP contribution >= 0.6 is 0 Å². The molecule has 2 aromatic heterocycles. The van der Waals surface area contributed by atoms with E-state index in [1.165, 1.54) is 0 Å². The van der Waals surface area contributed by atoms with Crippen molar-refractivity contribution in [3.63, 3.8) is 0 Å². The van der Waals surface area contributed by atoms with Crippen molar-refractivity contribution in [2.45, 2.75) is 32.6 Å². The first kappa shape index (κ1) is 17.3. The van der Waals surface area contributed by atoms with Crippen LogP contribution in [0.1, 0.15) is 38.3 Å². The van der Waals surface area contributed by atoms with Gasteiger partial charge in [-0.15, -0.1) is 0 Å². The molecule has 0 aromatic carbocycles. The standard InChI is InChI=1S/C19H25N5O/c1-3-23(4-2)19(25)24-11-7-16(8-12-24)18-17(13-21-14-22-18)15-5-9-20-10-6-15/h5-6,9-10,13-14,16H,3-4,7-8,11-12H2,1-2H3. The van der Waals surface area contributed by atoms with Crippen molar-refractivity contribution < 1.29 is 4.79 Å². The summed E-state index contributed by atoms with van der Waals surface area (Å²) in [5.41, 5.74) is 3.24. The lowest BCUT2D eigenvalue weighted by molar-refractivity contribution is 0.143. The Morgan fingerprint density at radius 1 is 1.16 bits per heavy atom. The van der Waals surface area contributed by atoms with Gasteiger partial charge in [0.2, 0.25) is 0 Å². The molecule has 2 amide bonds. The van der Waals surface area contributed by atoms with Crippen LogP contribution in [0, 0.1) is 0 Å². The third-order valence-electron chi connectivity index (χ3n) is 4.92. The van der Waals surface area contributed by atoms with Crippen LogP contribution < -0.4 is 0 Å². The lowest BCUT2D eigenvalue weighted by Crippen LogP contribution is -2.46. The van der Waals surface area contributed by atoms with E-state index < -0.39 is 0 Å². The topological polar surface area (TPSA) is 62.2 Å². The number of hydrogen-bond acceptors (Lipinski definition) is 4. The van der Waals surface area contributed by atoms with Gasteiger partial charge in [0.25, 0.3) is 0 Å². The maximum Gasteiger partial charge on any atom is 0.319 e. The second-order valence-corrected chi connectivity index (χ2v) is 6.27. The van der Waals surface area contributed by atoms with Crippen LogP contribution in [0.4, 0.5) is 4.79 Å². The van der Waals surface area contributed by atoms with Crippen molar-refractivity contribution >= 4 is 6.03 Å². The monoisotopic (exact) mass is 339 g/mol. The molecule has 0 spiro atoms. The molecule has 3 rings (SSSR count). The van der Waals surface area contributed by atoms with Gasteiger partial charge in [0.15, 0.2) is 0 Å². The third kappa shape index (κ3) is 3.78. The van der Waals surface area contributed by atoms with Gasteiger partial charge in [-0.3, -0.25) is 4.98 Å². The Bertz CT molecular complexity index is 694. The Morgan fingerprint density at radius 2 is 1.84 bits per heavy atom. The largest absolute Gasteiger partial charge is 0.325 e. The van der Waals surface area contributed by atoms with Crippen molar-refractivity contribution in [1.82, 2.24) is 24.8 Å². The second-order valence-electron chi connectivity index (χ2n) is 6.27. The highest BCUT2D eigenvalue weighted by atomic mass is 16.2. The molecule has 1 aliphatic rings. The highest BCUT2D eigenvalue weighted by molar-refractivity contribution is 5.74. The van der Waals surface area contributed by atoms with Crippen molar-refractivity contribution in [3.05, 3.63) is 42.7 Å². The number of nitrogens with zero attached hydrogens (tertiary/aromatic N) is 5. The van der Waals surface area contributed by atoms with Crippen LogP contribution in [-0.2, 0) is 0 Å². The highest BCUT2D eigenvalue weighted by Gasteiger charge is 2.28. The third-order valence-corrected chi connectivity index (χ3v) is 4.92. The van der Waals surface area contributed by atoms with Gasteiger partial charge in [0, 0.05) is 56.3 Å². The summed E-state index contributed by atoms with van der Waals surface area (Å²) in [5.74, 6) is 0.354. The van der Waals surface area contributed by atoms with Gasteiger partial charge >= 0.3 is 6.03 Å². The van der Waals surface area contributed by atoms with Crippen LogP contribution in [-0.4, -0.2) is 57.0 Å². The van der Waals surface area contributed by atoms with Gasteiger partial charge < -0.3 is 9.80 Å². The van der Waals surface area contributed by atoms with E-state index in [0.29, 0.717) is 5.92 Å². The molecule has 0 unspecified atom stereocenters. The minimum absolute atomic E-state index is 0.153. The number of rotatable bonds is 4. The normalized spacial score (nSPS) is 15.2. The van der Waals surface area contributed by atoms with Crippen LogP contribution in [0.25, 0.3) is 11.1 Å². The molecular formula is C19H25N5O. The van der Waals surface area contributed by atoms with E-state index in [4.69, 9.17) is 0 Å². The average Bonchev–Trinajstić information content (AvgIpc) is 2.69. The molecular weight excluding hydrogens is 314 g/mol. The zero-order chi connectivity index (χ0) is 17.6. The van der Waals surface area contributed by atoms with E-state index in [1.807, 2.05) is 42.0 Å². The number of carbonyl (C=O) groups is 1. The van der Waals surface area contributed by atoms with Crippen molar-refractivity contribution in [3.8, 4) is 11.1 Å². The molecule has 1 aliphatic heterocycles. The summed E-state index contributed by atoms with van der Waals surface area (Å²) >= 11 is 0. The first-order valence-electron chi connectivity index (χ1n) is 8.98. The lowest BCUT2D eigenvalue weighted by atomic mass is 9.89. The molecule has 3 heterocycles. The maximum atomic E-state index is 12.5. The van der Waals surface area contributed by atoms with Gasteiger partial charge in [-0.1, -0.05) is 0 Å². The number of pyridine rings is 1. The van der Waals surface area contributed by atoms with E-state index in [0.717, 1.165) is 55.8 Å². The maximum absolute atomic E-state index is 12.5. The number of hydrogen-bond donors (Lipinski definition) is 0. The van der Waals surface area contributed by atoms with Gasteiger partial charge in [-0.2, -0.15) is 0 Å². The fourth-order valence-electron chi connectivity index (χ4n) is 3.46. The average molecular weight is 339 g/mol. The number of carbonyl (C=O) groups excluding carboxylic acids is 1. The van der Waals surface area contributed by atoms with Crippen molar-refractivity contribution in [2.75, 3.05) is 26.2 Å². The predicted octanol–water partition coefficient (Wildman–Crippen LogP) is 3.18. The smallest absolute Gasteiger partial charge is 0.319 e. The molecule has 1 fully saturated rings. The van der Waals surface area contributed by atoms with E-state index in [9.17, 15) is 4.79 Å². The molecule has 6 heteroatoms.